The third kappa shape index (κ3) is 3.94. The van der Waals surface area contributed by atoms with Crippen LogP contribution in [0, 0.1) is 5.41 Å². The van der Waals surface area contributed by atoms with Gasteiger partial charge in [0.05, 0.1) is 6.20 Å². The summed E-state index contributed by atoms with van der Waals surface area (Å²) in [5, 5.41) is 2.65. The predicted molar refractivity (Wildman–Crippen MR) is 62.7 cm³/mol. The molecule has 0 radical (unpaired) electrons. The van der Waals surface area contributed by atoms with Crippen LogP contribution >= 0.6 is 0 Å². The largest absolute Gasteiger partial charge is 0.327 e. The molecule has 1 amide bonds. The summed E-state index contributed by atoms with van der Waals surface area (Å²) in [4.78, 5) is 19.4. The lowest BCUT2D eigenvalue weighted by atomic mass is 9.85. The van der Waals surface area contributed by atoms with Crippen LogP contribution in [0.3, 0.4) is 0 Å². The average molecular weight is 222 g/mol. The molecular weight excluding hydrogens is 204 g/mol. The highest BCUT2D eigenvalue weighted by atomic mass is 16.1. The highest BCUT2D eigenvalue weighted by molar-refractivity contribution is 5.90. The van der Waals surface area contributed by atoms with Crippen molar-refractivity contribution in [2.45, 2.75) is 33.2 Å². The Labute approximate surface area is 95.5 Å². The number of aromatic nitrogens is 2. The molecule has 0 saturated heterocycles. The molecule has 0 aliphatic carbocycles. The molecule has 88 valence electrons. The molecule has 1 aromatic heterocycles. The molecule has 1 unspecified atom stereocenters. The van der Waals surface area contributed by atoms with Crippen molar-refractivity contribution in [1.29, 1.82) is 0 Å². The molecule has 3 N–H and O–H groups in total. The van der Waals surface area contributed by atoms with Gasteiger partial charge in [0.2, 0.25) is 5.91 Å². The third-order valence-corrected chi connectivity index (χ3v) is 2.35. The summed E-state index contributed by atoms with van der Waals surface area (Å²) >= 11 is 0. The van der Waals surface area contributed by atoms with Crippen molar-refractivity contribution >= 4 is 11.7 Å². The molecule has 0 spiro atoms. The Balaban J connectivity index is 2.49. The van der Waals surface area contributed by atoms with Gasteiger partial charge in [-0.05, 0) is 5.41 Å². The van der Waals surface area contributed by atoms with Crippen LogP contribution in [0.1, 0.15) is 27.2 Å². The molecule has 1 heterocycles. The number of hydrogen-bond donors (Lipinski definition) is 2. The number of carbonyl (C=O) groups is 1. The number of carbonyl (C=O) groups excluding carboxylic acids is 1. The van der Waals surface area contributed by atoms with Crippen LogP contribution in [0.25, 0.3) is 0 Å². The van der Waals surface area contributed by atoms with E-state index in [1.165, 1.54) is 12.4 Å². The number of nitrogens with zero attached hydrogens (tertiary/aromatic N) is 2. The zero-order valence-electron chi connectivity index (χ0n) is 9.90. The lowest BCUT2D eigenvalue weighted by molar-refractivity contribution is -0.117. The highest BCUT2D eigenvalue weighted by Crippen LogP contribution is 2.19. The first-order valence-corrected chi connectivity index (χ1v) is 5.21. The average Bonchev–Trinajstić information content (AvgIpc) is 2.17. The second kappa shape index (κ2) is 5.03. The van der Waals surface area contributed by atoms with Crippen molar-refractivity contribution in [3.8, 4) is 0 Å². The van der Waals surface area contributed by atoms with Crippen molar-refractivity contribution in [3.05, 3.63) is 18.6 Å². The minimum atomic E-state index is -0.177. The van der Waals surface area contributed by atoms with Gasteiger partial charge in [0.1, 0.15) is 0 Å². The molecule has 0 aliphatic heterocycles. The van der Waals surface area contributed by atoms with Gasteiger partial charge in [0.15, 0.2) is 5.82 Å². The second-order valence-corrected chi connectivity index (χ2v) is 4.82. The lowest BCUT2D eigenvalue weighted by Gasteiger charge is -2.26. The smallest absolute Gasteiger partial charge is 0.227 e. The zero-order chi connectivity index (χ0) is 12.2. The van der Waals surface area contributed by atoms with Crippen molar-refractivity contribution in [2.75, 3.05) is 5.32 Å². The van der Waals surface area contributed by atoms with E-state index >= 15 is 0 Å². The number of nitrogens with one attached hydrogen (secondary N) is 1. The maximum absolute atomic E-state index is 11.6. The summed E-state index contributed by atoms with van der Waals surface area (Å²) in [5.41, 5.74) is 5.82. The van der Waals surface area contributed by atoms with Crippen molar-refractivity contribution < 1.29 is 4.79 Å². The maximum atomic E-state index is 11.6. The molecule has 1 aromatic rings. The molecule has 1 atom stereocenters. The summed E-state index contributed by atoms with van der Waals surface area (Å²) in [5.74, 6) is 0.316. The fourth-order valence-corrected chi connectivity index (χ4v) is 1.06. The van der Waals surface area contributed by atoms with Gasteiger partial charge >= 0.3 is 0 Å². The first-order chi connectivity index (χ1) is 7.39. The van der Waals surface area contributed by atoms with E-state index in [-0.39, 0.29) is 23.8 Å². The van der Waals surface area contributed by atoms with Gasteiger partial charge in [-0.2, -0.15) is 0 Å². The molecule has 0 saturated carbocycles. The first-order valence-electron chi connectivity index (χ1n) is 5.21. The first kappa shape index (κ1) is 12.6. The van der Waals surface area contributed by atoms with Crippen LogP contribution < -0.4 is 11.1 Å². The summed E-state index contributed by atoms with van der Waals surface area (Å²) < 4.78 is 0. The Morgan fingerprint density at radius 3 is 2.69 bits per heavy atom. The van der Waals surface area contributed by atoms with Gasteiger partial charge in [0, 0.05) is 24.9 Å². The van der Waals surface area contributed by atoms with E-state index < -0.39 is 0 Å². The molecule has 0 aliphatic rings. The summed E-state index contributed by atoms with van der Waals surface area (Å²) in [6.07, 6.45) is 4.86. The molecule has 1 rings (SSSR count). The molecule has 5 heteroatoms. The van der Waals surface area contributed by atoms with Gasteiger partial charge in [-0.15, -0.1) is 0 Å². The fraction of sp³-hybridized carbons (Fsp3) is 0.545. The highest BCUT2D eigenvalue weighted by Gasteiger charge is 2.23. The lowest BCUT2D eigenvalue weighted by Crippen LogP contribution is -2.38. The summed E-state index contributed by atoms with van der Waals surface area (Å²) in [6.45, 7) is 6.02. The van der Waals surface area contributed by atoms with Crippen LogP contribution in [-0.4, -0.2) is 21.9 Å². The Morgan fingerprint density at radius 1 is 1.50 bits per heavy atom. The topological polar surface area (TPSA) is 80.9 Å². The minimum Gasteiger partial charge on any atom is -0.327 e. The monoisotopic (exact) mass is 222 g/mol. The third-order valence-electron chi connectivity index (χ3n) is 2.35. The maximum Gasteiger partial charge on any atom is 0.227 e. The van der Waals surface area contributed by atoms with Crippen LogP contribution in [0.2, 0.25) is 0 Å². The summed E-state index contributed by atoms with van der Waals surface area (Å²) in [6, 6.07) is -0.177. The van der Waals surface area contributed by atoms with Gasteiger partial charge in [-0.1, -0.05) is 20.8 Å². The normalized spacial score (nSPS) is 13.2. The van der Waals surface area contributed by atoms with Gasteiger partial charge < -0.3 is 11.1 Å². The van der Waals surface area contributed by atoms with E-state index in [1.54, 1.807) is 6.20 Å². The van der Waals surface area contributed by atoms with Gasteiger partial charge in [-0.3, -0.25) is 9.78 Å². The van der Waals surface area contributed by atoms with Gasteiger partial charge in [0.25, 0.3) is 0 Å². The fourth-order valence-electron chi connectivity index (χ4n) is 1.06. The van der Waals surface area contributed by atoms with E-state index in [2.05, 4.69) is 15.3 Å². The Hall–Kier alpha value is -1.49. The second-order valence-electron chi connectivity index (χ2n) is 4.82. The molecule has 16 heavy (non-hydrogen) atoms. The SMILES string of the molecule is CC(C)(C)C(N)CC(=O)Nc1cnccn1. The minimum absolute atomic E-state index is 0.0836. The zero-order valence-corrected chi connectivity index (χ0v) is 9.90. The molecular formula is C11H18N4O. The van der Waals surface area contributed by atoms with Crippen molar-refractivity contribution in [2.24, 2.45) is 11.1 Å². The predicted octanol–water partition coefficient (Wildman–Crippen LogP) is 1.18. The van der Waals surface area contributed by atoms with Crippen LogP contribution in [0.15, 0.2) is 18.6 Å². The number of rotatable bonds is 3. The van der Waals surface area contributed by atoms with E-state index in [9.17, 15) is 4.79 Å². The standard InChI is InChI=1S/C11H18N4O/c1-11(2,3)8(12)6-10(16)15-9-7-13-4-5-14-9/h4-5,7-8H,6,12H2,1-3H3,(H,14,15,16). The summed E-state index contributed by atoms with van der Waals surface area (Å²) in [7, 11) is 0. The van der Waals surface area contributed by atoms with Crippen molar-refractivity contribution in [1.82, 2.24) is 9.97 Å². The van der Waals surface area contributed by atoms with Gasteiger partial charge in [-0.25, -0.2) is 4.98 Å². The van der Waals surface area contributed by atoms with Crippen LogP contribution in [0.4, 0.5) is 5.82 Å². The number of nitrogens with two attached hydrogens (primary N) is 1. The number of amides is 1. The number of hydrogen-bond acceptors (Lipinski definition) is 4. The van der Waals surface area contributed by atoms with Crippen LogP contribution in [0.5, 0.6) is 0 Å². The molecule has 0 aromatic carbocycles. The van der Waals surface area contributed by atoms with E-state index in [0.717, 1.165) is 0 Å². The van der Waals surface area contributed by atoms with E-state index in [1.807, 2.05) is 20.8 Å². The molecule has 5 nitrogen and oxygen atoms in total. The van der Waals surface area contributed by atoms with E-state index in [4.69, 9.17) is 5.73 Å². The number of anilines is 1. The quantitative estimate of drug-likeness (QED) is 0.804. The molecule has 0 bridgehead atoms. The molecule has 0 fully saturated rings. The Bertz CT molecular complexity index is 345. The van der Waals surface area contributed by atoms with Crippen LogP contribution in [-0.2, 0) is 4.79 Å². The van der Waals surface area contributed by atoms with E-state index in [0.29, 0.717) is 5.82 Å². The Morgan fingerprint density at radius 2 is 2.19 bits per heavy atom. The Kier molecular flexibility index (Phi) is 3.95. The van der Waals surface area contributed by atoms with Crippen molar-refractivity contribution in [3.63, 3.8) is 0 Å².